The number of carbonyl (C=O) groups excluding carboxylic acids is 1. The van der Waals surface area contributed by atoms with Gasteiger partial charge in [0.1, 0.15) is 0 Å². The van der Waals surface area contributed by atoms with Gasteiger partial charge in [-0.05, 0) is 51.4 Å². The summed E-state index contributed by atoms with van der Waals surface area (Å²) in [6, 6.07) is 4.77. The van der Waals surface area contributed by atoms with E-state index in [0.717, 1.165) is 32.2 Å². The van der Waals surface area contributed by atoms with Crippen molar-refractivity contribution in [2.75, 3.05) is 20.6 Å². The number of hydrogen-bond donors (Lipinski definition) is 0. The highest BCUT2D eigenvalue weighted by molar-refractivity contribution is 5.80. The number of likely N-dealkylation sites (tertiary alicyclic amines) is 1. The van der Waals surface area contributed by atoms with E-state index in [1.807, 2.05) is 12.3 Å². The van der Waals surface area contributed by atoms with Crippen molar-refractivity contribution in [1.29, 1.82) is 0 Å². The maximum atomic E-state index is 12.9. The summed E-state index contributed by atoms with van der Waals surface area (Å²) in [6.07, 6.45) is 11.8. The van der Waals surface area contributed by atoms with E-state index in [2.05, 4.69) is 47.1 Å². The van der Waals surface area contributed by atoms with Gasteiger partial charge in [-0.1, -0.05) is 18.2 Å². The quantitative estimate of drug-likeness (QED) is 0.799. The highest BCUT2D eigenvalue weighted by Crippen LogP contribution is 2.29. The molecule has 1 aliphatic heterocycles. The fraction of sp³-hybridized carbons (Fsp3) is 0.556. The third-order valence-electron chi connectivity index (χ3n) is 4.98. The molecule has 2 aliphatic rings. The molecule has 1 aromatic rings. The molecule has 4 heteroatoms. The zero-order valence-corrected chi connectivity index (χ0v) is 13.5. The molecule has 0 aromatic carbocycles. The Kier molecular flexibility index (Phi) is 4.57. The fourth-order valence-electron chi connectivity index (χ4n) is 3.77. The van der Waals surface area contributed by atoms with Gasteiger partial charge in [0.25, 0.3) is 0 Å². The van der Waals surface area contributed by atoms with Crippen molar-refractivity contribution in [1.82, 2.24) is 14.8 Å². The standard InChI is InChI=1S/C18H25N3O/c1-20(2)16-9-11-21(18(22)15-7-3-4-8-15)17(16)12-14-6-5-10-19-13-14/h3-6,10,13,15-17H,7-9,11-12H2,1-2H3/t16-,17+/m1/s1. The van der Waals surface area contributed by atoms with E-state index in [1.54, 1.807) is 6.20 Å². The molecule has 1 aliphatic carbocycles. The first kappa shape index (κ1) is 15.2. The lowest BCUT2D eigenvalue weighted by atomic mass is 9.98. The number of amides is 1. The molecule has 2 atom stereocenters. The molecule has 0 bridgehead atoms. The summed E-state index contributed by atoms with van der Waals surface area (Å²) < 4.78 is 0. The minimum absolute atomic E-state index is 0.164. The van der Waals surface area contributed by atoms with Gasteiger partial charge in [-0.3, -0.25) is 9.78 Å². The molecule has 1 saturated heterocycles. The van der Waals surface area contributed by atoms with Gasteiger partial charge in [-0.15, -0.1) is 0 Å². The Labute approximate surface area is 132 Å². The topological polar surface area (TPSA) is 36.4 Å². The number of pyridine rings is 1. The molecular formula is C18H25N3O. The van der Waals surface area contributed by atoms with Gasteiger partial charge in [0.15, 0.2) is 0 Å². The van der Waals surface area contributed by atoms with E-state index >= 15 is 0 Å². The lowest BCUT2D eigenvalue weighted by Gasteiger charge is -2.33. The van der Waals surface area contributed by atoms with E-state index in [0.29, 0.717) is 11.9 Å². The first-order valence-corrected chi connectivity index (χ1v) is 8.17. The van der Waals surface area contributed by atoms with Crippen LogP contribution in [0.1, 0.15) is 24.8 Å². The van der Waals surface area contributed by atoms with Crippen LogP contribution >= 0.6 is 0 Å². The van der Waals surface area contributed by atoms with Gasteiger partial charge >= 0.3 is 0 Å². The maximum absolute atomic E-state index is 12.9. The minimum Gasteiger partial charge on any atom is -0.337 e. The van der Waals surface area contributed by atoms with Gasteiger partial charge in [-0.25, -0.2) is 0 Å². The summed E-state index contributed by atoms with van der Waals surface area (Å²) in [5.41, 5.74) is 1.21. The average molecular weight is 299 g/mol. The molecule has 4 nitrogen and oxygen atoms in total. The highest BCUT2D eigenvalue weighted by Gasteiger charge is 2.40. The second-order valence-electron chi connectivity index (χ2n) is 6.62. The van der Waals surface area contributed by atoms with Crippen molar-refractivity contribution in [2.45, 2.75) is 37.8 Å². The molecule has 1 fully saturated rings. The summed E-state index contributed by atoms with van der Waals surface area (Å²) in [7, 11) is 4.23. The second-order valence-corrected chi connectivity index (χ2v) is 6.62. The number of hydrogen-bond acceptors (Lipinski definition) is 3. The van der Waals surface area contributed by atoms with Crippen LogP contribution < -0.4 is 0 Å². The number of carbonyl (C=O) groups is 1. The minimum atomic E-state index is 0.164. The molecule has 0 saturated carbocycles. The SMILES string of the molecule is CN(C)[C@@H]1CCN(C(=O)C2CC=CC2)[C@H]1Cc1cccnc1. The molecule has 0 spiro atoms. The lowest BCUT2D eigenvalue weighted by molar-refractivity contribution is -0.136. The number of likely N-dealkylation sites (N-methyl/N-ethyl adjacent to an activating group) is 1. The third kappa shape index (κ3) is 3.07. The Balaban J connectivity index is 1.77. The van der Waals surface area contributed by atoms with E-state index in [9.17, 15) is 4.79 Å². The molecule has 1 aromatic heterocycles. The summed E-state index contributed by atoms with van der Waals surface area (Å²) in [4.78, 5) is 21.5. The lowest BCUT2D eigenvalue weighted by Crippen LogP contribution is -2.47. The summed E-state index contributed by atoms with van der Waals surface area (Å²) in [5.74, 6) is 0.501. The van der Waals surface area contributed by atoms with Gasteiger partial charge in [-0.2, -0.15) is 0 Å². The van der Waals surface area contributed by atoms with Gasteiger partial charge in [0.05, 0.1) is 6.04 Å². The Hall–Kier alpha value is -1.68. The van der Waals surface area contributed by atoms with Crippen LogP contribution in [0, 0.1) is 5.92 Å². The van der Waals surface area contributed by atoms with Gasteiger partial charge < -0.3 is 9.80 Å². The third-order valence-corrected chi connectivity index (χ3v) is 4.98. The molecular weight excluding hydrogens is 274 g/mol. The van der Waals surface area contributed by atoms with Crippen molar-refractivity contribution in [3.05, 3.63) is 42.2 Å². The van der Waals surface area contributed by atoms with Crippen molar-refractivity contribution in [3.8, 4) is 0 Å². The van der Waals surface area contributed by atoms with Crippen LogP contribution in [0.4, 0.5) is 0 Å². The van der Waals surface area contributed by atoms with Crippen molar-refractivity contribution in [2.24, 2.45) is 5.92 Å². The Bertz CT molecular complexity index is 533. The van der Waals surface area contributed by atoms with E-state index in [4.69, 9.17) is 0 Å². The molecule has 0 unspecified atom stereocenters. The van der Waals surface area contributed by atoms with Crippen LogP contribution in [-0.4, -0.2) is 53.4 Å². The van der Waals surface area contributed by atoms with E-state index in [-0.39, 0.29) is 12.0 Å². The predicted octanol–water partition coefficient (Wildman–Crippen LogP) is 2.12. The Morgan fingerprint density at radius 2 is 2.14 bits per heavy atom. The number of allylic oxidation sites excluding steroid dienone is 2. The van der Waals surface area contributed by atoms with E-state index < -0.39 is 0 Å². The number of nitrogens with zero attached hydrogens (tertiary/aromatic N) is 3. The zero-order chi connectivity index (χ0) is 15.5. The van der Waals surface area contributed by atoms with Crippen LogP contribution in [-0.2, 0) is 11.2 Å². The van der Waals surface area contributed by atoms with Crippen LogP contribution in [0.3, 0.4) is 0 Å². The molecule has 0 radical (unpaired) electrons. The Morgan fingerprint density at radius 1 is 1.36 bits per heavy atom. The molecule has 0 N–H and O–H groups in total. The molecule has 118 valence electrons. The van der Waals surface area contributed by atoms with Crippen LogP contribution in [0.5, 0.6) is 0 Å². The monoisotopic (exact) mass is 299 g/mol. The van der Waals surface area contributed by atoms with E-state index in [1.165, 1.54) is 5.56 Å². The predicted molar refractivity (Wildman–Crippen MR) is 87.4 cm³/mol. The normalized spacial score (nSPS) is 25.3. The number of aromatic nitrogens is 1. The summed E-state index contributed by atoms with van der Waals surface area (Å²) in [6.45, 7) is 0.878. The maximum Gasteiger partial charge on any atom is 0.226 e. The molecule has 22 heavy (non-hydrogen) atoms. The molecule has 3 rings (SSSR count). The van der Waals surface area contributed by atoms with Gasteiger partial charge in [0.2, 0.25) is 5.91 Å². The second kappa shape index (κ2) is 6.61. The Morgan fingerprint density at radius 3 is 2.77 bits per heavy atom. The van der Waals surface area contributed by atoms with Crippen molar-refractivity contribution in [3.63, 3.8) is 0 Å². The smallest absolute Gasteiger partial charge is 0.226 e. The van der Waals surface area contributed by atoms with Gasteiger partial charge in [0, 0.05) is 30.9 Å². The zero-order valence-electron chi connectivity index (χ0n) is 13.5. The van der Waals surface area contributed by atoms with Crippen LogP contribution in [0.25, 0.3) is 0 Å². The fourth-order valence-corrected chi connectivity index (χ4v) is 3.77. The van der Waals surface area contributed by atoms with Crippen LogP contribution in [0.15, 0.2) is 36.7 Å². The average Bonchev–Trinajstić information content (AvgIpc) is 3.17. The van der Waals surface area contributed by atoms with Crippen molar-refractivity contribution >= 4 is 5.91 Å². The molecule has 2 heterocycles. The largest absolute Gasteiger partial charge is 0.337 e. The highest BCUT2D eigenvalue weighted by atomic mass is 16.2. The van der Waals surface area contributed by atoms with Crippen molar-refractivity contribution < 1.29 is 4.79 Å². The summed E-state index contributed by atoms with van der Waals surface area (Å²) in [5, 5.41) is 0. The first-order valence-electron chi connectivity index (χ1n) is 8.17. The summed E-state index contributed by atoms with van der Waals surface area (Å²) >= 11 is 0. The first-order chi connectivity index (χ1) is 10.7. The number of rotatable bonds is 4. The van der Waals surface area contributed by atoms with Crippen LogP contribution in [0.2, 0.25) is 0 Å². The molecule has 1 amide bonds.